The van der Waals surface area contributed by atoms with Crippen LogP contribution in [0.3, 0.4) is 0 Å². The van der Waals surface area contributed by atoms with Gasteiger partial charge in [-0.2, -0.15) is 0 Å². The molecule has 4 nitrogen and oxygen atoms in total. The van der Waals surface area contributed by atoms with Crippen LogP contribution >= 0.6 is 0 Å². The Balaban J connectivity index is 3.65. The molecule has 0 spiro atoms. The highest BCUT2D eigenvalue weighted by atomic mass is 16.3. The Morgan fingerprint density at radius 2 is 2.15 bits per heavy atom. The van der Waals surface area contributed by atoms with Crippen molar-refractivity contribution in [1.29, 1.82) is 0 Å². The van der Waals surface area contributed by atoms with Crippen molar-refractivity contribution in [3.05, 3.63) is 0 Å². The van der Waals surface area contributed by atoms with E-state index in [-0.39, 0.29) is 12.6 Å². The topological polar surface area (TPSA) is 52.6 Å². The number of amides is 2. The Kier molecular flexibility index (Phi) is 6.32. The second-order valence-corrected chi connectivity index (χ2v) is 3.37. The monoisotopic (exact) mass is 188 g/mol. The lowest BCUT2D eigenvalue weighted by Gasteiger charge is -2.17. The van der Waals surface area contributed by atoms with Crippen LogP contribution in [0.5, 0.6) is 0 Å². The van der Waals surface area contributed by atoms with E-state index in [1.54, 1.807) is 14.1 Å². The zero-order valence-corrected chi connectivity index (χ0v) is 8.71. The molecule has 0 aromatic rings. The molecule has 2 amide bonds. The summed E-state index contributed by atoms with van der Waals surface area (Å²) in [6.07, 6.45) is 1.73. The lowest BCUT2D eigenvalue weighted by Crippen LogP contribution is -2.37. The quantitative estimate of drug-likeness (QED) is 0.666. The summed E-state index contributed by atoms with van der Waals surface area (Å²) < 4.78 is 0. The van der Waals surface area contributed by atoms with Crippen molar-refractivity contribution in [1.82, 2.24) is 10.2 Å². The number of urea groups is 1. The van der Waals surface area contributed by atoms with Gasteiger partial charge in [-0.3, -0.25) is 0 Å². The van der Waals surface area contributed by atoms with Crippen LogP contribution < -0.4 is 5.32 Å². The van der Waals surface area contributed by atoms with Crippen molar-refractivity contribution in [2.24, 2.45) is 5.92 Å². The first-order valence-corrected chi connectivity index (χ1v) is 4.67. The fourth-order valence-corrected chi connectivity index (χ4v) is 1.02. The van der Waals surface area contributed by atoms with Gasteiger partial charge in [-0.25, -0.2) is 4.79 Å². The number of hydrogen-bond acceptors (Lipinski definition) is 2. The second kappa shape index (κ2) is 6.71. The molecule has 0 aromatic heterocycles. The van der Waals surface area contributed by atoms with Gasteiger partial charge in [0.25, 0.3) is 0 Å². The smallest absolute Gasteiger partial charge is 0.316 e. The SMILES string of the molecule is CCC(CCO)CNC(=O)N(C)C. The average molecular weight is 188 g/mol. The van der Waals surface area contributed by atoms with Crippen LogP contribution in [0.25, 0.3) is 0 Å². The lowest BCUT2D eigenvalue weighted by atomic mass is 10.0. The van der Waals surface area contributed by atoms with E-state index >= 15 is 0 Å². The standard InChI is InChI=1S/C9H20N2O2/c1-4-8(5-6-12)7-10-9(13)11(2)3/h8,12H,4-7H2,1-3H3,(H,10,13). The van der Waals surface area contributed by atoms with Crippen LogP contribution in [0.2, 0.25) is 0 Å². The van der Waals surface area contributed by atoms with Gasteiger partial charge in [0.05, 0.1) is 0 Å². The number of nitrogens with one attached hydrogen (secondary N) is 1. The van der Waals surface area contributed by atoms with Gasteiger partial charge in [0.2, 0.25) is 0 Å². The third-order valence-corrected chi connectivity index (χ3v) is 2.06. The zero-order chi connectivity index (χ0) is 10.3. The molecule has 0 heterocycles. The van der Waals surface area contributed by atoms with Gasteiger partial charge in [0.15, 0.2) is 0 Å². The fraction of sp³-hybridized carbons (Fsp3) is 0.889. The van der Waals surface area contributed by atoms with Crippen molar-refractivity contribution in [3.8, 4) is 0 Å². The Bertz CT molecular complexity index is 149. The van der Waals surface area contributed by atoms with Gasteiger partial charge >= 0.3 is 6.03 Å². The van der Waals surface area contributed by atoms with E-state index in [0.717, 1.165) is 12.8 Å². The number of carbonyl (C=O) groups is 1. The molecule has 2 N–H and O–H groups in total. The highest BCUT2D eigenvalue weighted by Crippen LogP contribution is 2.05. The van der Waals surface area contributed by atoms with E-state index in [4.69, 9.17) is 5.11 Å². The molecule has 78 valence electrons. The third kappa shape index (κ3) is 5.47. The molecular weight excluding hydrogens is 168 g/mol. The summed E-state index contributed by atoms with van der Waals surface area (Å²) in [6.45, 7) is 2.90. The van der Waals surface area contributed by atoms with Gasteiger partial charge in [0.1, 0.15) is 0 Å². The first-order chi connectivity index (χ1) is 6.11. The van der Waals surface area contributed by atoms with Crippen molar-refractivity contribution >= 4 is 6.03 Å². The van der Waals surface area contributed by atoms with Gasteiger partial charge in [-0.15, -0.1) is 0 Å². The Morgan fingerprint density at radius 1 is 1.54 bits per heavy atom. The van der Waals surface area contributed by atoms with Crippen LogP contribution in [-0.2, 0) is 0 Å². The summed E-state index contributed by atoms with van der Waals surface area (Å²) in [6, 6.07) is -0.0728. The molecule has 0 saturated carbocycles. The van der Waals surface area contributed by atoms with E-state index in [1.165, 1.54) is 4.90 Å². The van der Waals surface area contributed by atoms with Crippen molar-refractivity contribution in [3.63, 3.8) is 0 Å². The normalized spacial score (nSPS) is 12.3. The second-order valence-electron chi connectivity index (χ2n) is 3.37. The summed E-state index contributed by atoms with van der Waals surface area (Å²) in [7, 11) is 3.42. The highest BCUT2D eigenvalue weighted by Gasteiger charge is 2.08. The third-order valence-electron chi connectivity index (χ3n) is 2.06. The summed E-state index contributed by atoms with van der Waals surface area (Å²) in [4.78, 5) is 12.6. The maximum Gasteiger partial charge on any atom is 0.316 e. The minimum atomic E-state index is -0.0728. The number of nitrogens with zero attached hydrogens (tertiary/aromatic N) is 1. The molecule has 0 aliphatic heterocycles. The lowest BCUT2D eigenvalue weighted by molar-refractivity contribution is 0.210. The number of hydrogen-bond donors (Lipinski definition) is 2. The Labute approximate surface area is 79.9 Å². The van der Waals surface area contributed by atoms with Gasteiger partial charge in [-0.05, 0) is 12.3 Å². The molecular formula is C9H20N2O2. The number of aliphatic hydroxyl groups is 1. The van der Waals surface area contributed by atoms with Crippen LogP contribution in [0, 0.1) is 5.92 Å². The predicted octanol–water partition coefficient (Wildman–Crippen LogP) is 0.666. The molecule has 0 radical (unpaired) electrons. The molecule has 1 atom stereocenters. The van der Waals surface area contributed by atoms with Crippen LogP contribution in [0.4, 0.5) is 4.79 Å². The summed E-state index contributed by atoms with van der Waals surface area (Å²) in [5, 5.41) is 11.5. The maximum absolute atomic E-state index is 11.1. The van der Waals surface area contributed by atoms with Gasteiger partial charge < -0.3 is 15.3 Å². The van der Waals surface area contributed by atoms with Crippen LogP contribution in [0.1, 0.15) is 19.8 Å². The maximum atomic E-state index is 11.1. The molecule has 0 bridgehead atoms. The van der Waals surface area contributed by atoms with E-state index in [1.807, 2.05) is 0 Å². The molecule has 0 aliphatic carbocycles. The van der Waals surface area contributed by atoms with Gasteiger partial charge in [-0.1, -0.05) is 13.3 Å². The van der Waals surface area contributed by atoms with Crippen LogP contribution in [-0.4, -0.2) is 43.3 Å². The van der Waals surface area contributed by atoms with Crippen molar-refractivity contribution < 1.29 is 9.90 Å². The van der Waals surface area contributed by atoms with E-state index in [2.05, 4.69) is 12.2 Å². The minimum absolute atomic E-state index is 0.0728. The Morgan fingerprint density at radius 3 is 2.54 bits per heavy atom. The van der Waals surface area contributed by atoms with Gasteiger partial charge in [0, 0.05) is 27.2 Å². The van der Waals surface area contributed by atoms with E-state index in [9.17, 15) is 4.79 Å². The molecule has 13 heavy (non-hydrogen) atoms. The number of aliphatic hydroxyl groups excluding tert-OH is 1. The number of carbonyl (C=O) groups excluding carboxylic acids is 1. The fourth-order valence-electron chi connectivity index (χ4n) is 1.02. The summed E-state index contributed by atoms with van der Waals surface area (Å²) >= 11 is 0. The minimum Gasteiger partial charge on any atom is -0.396 e. The van der Waals surface area contributed by atoms with Crippen molar-refractivity contribution in [2.75, 3.05) is 27.2 Å². The molecule has 1 unspecified atom stereocenters. The summed E-state index contributed by atoms with van der Waals surface area (Å²) in [5.74, 6) is 0.383. The highest BCUT2D eigenvalue weighted by molar-refractivity contribution is 5.73. The molecule has 0 fully saturated rings. The predicted molar refractivity (Wildman–Crippen MR) is 52.6 cm³/mol. The molecule has 0 aromatic carbocycles. The van der Waals surface area contributed by atoms with E-state index < -0.39 is 0 Å². The molecule has 0 aliphatic rings. The summed E-state index contributed by atoms with van der Waals surface area (Å²) in [5.41, 5.74) is 0. The molecule has 0 rings (SSSR count). The first-order valence-electron chi connectivity index (χ1n) is 4.67. The first kappa shape index (κ1) is 12.2. The molecule has 0 saturated heterocycles. The average Bonchev–Trinajstić information content (AvgIpc) is 2.11. The largest absolute Gasteiger partial charge is 0.396 e. The van der Waals surface area contributed by atoms with Crippen molar-refractivity contribution in [2.45, 2.75) is 19.8 Å². The van der Waals surface area contributed by atoms with Crippen LogP contribution in [0.15, 0.2) is 0 Å². The molecule has 4 heteroatoms. The Hall–Kier alpha value is -0.770. The van der Waals surface area contributed by atoms with E-state index in [0.29, 0.717) is 12.5 Å². The zero-order valence-electron chi connectivity index (χ0n) is 8.71. The number of rotatable bonds is 5.